The van der Waals surface area contributed by atoms with Crippen LogP contribution >= 0.6 is 0 Å². The lowest BCUT2D eigenvalue weighted by Crippen LogP contribution is -2.41. The van der Waals surface area contributed by atoms with Crippen LogP contribution in [0.4, 0.5) is 0 Å². The van der Waals surface area contributed by atoms with Gasteiger partial charge in [0, 0.05) is 6.42 Å². The van der Waals surface area contributed by atoms with Gasteiger partial charge in [0.1, 0.15) is 31.0 Å². The Balaban J connectivity index is 1.86. The minimum Gasteiger partial charge on any atom is -0.463 e. The maximum atomic E-state index is 11.7. The summed E-state index contributed by atoms with van der Waals surface area (Å²) in [7, 11) is 0. The normalized spacial score (nSPS) is 23.1. The molecule has 1 heterocycles. The zero-order valence-electron chi connectivity index (χ0n) is 17.7. The molecule has 6 nitrogen and oxygen atoms in total. The van der Waals surface area contributed by atoms with E-state index >= 15 is 0 Å². The number of hydrogen-bond acceptors (Lipinski definition) is 6. The Kier molecular flexibility index (Phi) is 14.6. The van der Waals surface area contributed by atoms with Gasteiger partial charge in [0.2, 0.25) is 0 Å². The molecule has 0 aromatic carbocycles. The van der Waals surface area contributed by atoms with Crippen molar-refractivity contribution in [3.63, 3.8) is 0 Å². The lowest BCUT2D eigenvalue weighted by molar-refractivity contribution is -0.151. The first-order chi connectivity index (χ1) is 13.6. The van der Waals surface area contributed by atoms with Crippen molar-refractivity contribution < 1.29 is 29.6 Å². The maximum absolute atomic E-state index is 11.7. The molecule has 0 bridgehead atoms. The first-order valence-corrected chi connectivity index (χ1v) is 11.4. The van der Waals surface area contributed by atoms with Crippen LogP contribution in [0.15, 0.2) is 0 Å². The van der Waals surface area contributed by atoms with Crippen molar-refractivity contribution in [2.24, 2.45) is 0 Å². The number of carbonyl (C=O) groups is 1. The second kappa shape index (κ2) is 16.1. The monoisotopic (exact) mass is 402 g/mol. The Labute approximate surface area is 170 Å². The molecule has 1 fully saturated rings. The number of unbranched alkanes of at least 4 members (excludes halogenated alkanes) is 12. The first-order valence-electron chi connectivity index (χ1n) is 11.4. The zero-order chi connectivity index (χ0) is 20.6. The number of esters is 1. The SMILES string of the molecule is CCCCCCCCCCCCCCCC(=O)OC[C@H](O)[C@H]1OC[C@H](O)[C@H]1O. The van der Waals surface area contributed by atoms with Crippen LogP contribution in [0.2, 0.25) is 0 Å². The van der Waals surface area contributed by atoms with Gasteiger partial charge >= 0.3 is 5.97 Å². The van der Waals surface area contributed by atoms with Crippen LogP contribution in [0.3, 0.4) is 0 Å². The van der Waals surface area contributed by atoms with Crippen LogP contribution in [0.25, 0.3) is 0 Å². The lowest BCUT2D eigenvalue weighted by Gasteiger charge is -2.20. The third-order valence-electron chi connectivity index (χ3n) is 5.47. The second-order valence-electron chi connectivity index (χ2n) is 8.10. The standard InChI is InChI=1S/C22H42O6/c1-2-3-4-5-6-7-8-9-10-11-12-13-14-15-20(25)27-17-19(24)22-21(26)18(23)16-28-22/h18-19,21-24,26H,2-17H2,1H3/t18-,19-,21+,22+/m0/s1. The molecule has 6 heteroatoms. The summed E-state index contributed by atoms with van der Waals surface area (Å²) >= 11 is 0. The molecule has 0 unspecified atom stereocenters. The minimum atomic E-state index is -1.14. The predicted octanol–water partition coefficient (Wildman–Crippen LogP) is 3.49. The van der Waals surface area contributed by atoms with Crippen molar-refractivity contribution in [3.8, 4) is 0 Å². The lowest BCUT2D eigenvalue weighted by atomic mass is 10.0. The second-order valence-corrected chi connectivity index (χ2v) is 8.10. The third kappa shape index (κ3) is 11.3. The molecule has 0 aromatic heterocycles. The Morgan fingerprint density at radius 2 is 1.43 bits per heavy atom. The van der Waals surface area contributed by atoms with Gasteiger partial charge in [-0.25, -0.2) is 0 Å². The number of aliphatic hydroxyl groups excluding tert-OH is 3. The van der Waals surface area contributed by atoms with E-state index in [1.807, 2.05) is 0 Å². The van der Waals surface area contributed by atoms with Gasteiger partial charge in [0.15, 0.2) is 0 Å². The minimum absolute atomic E-state index is 0.0181. The largest absolute Gasteiger partial charge is 0.463 e. The highest BCUT2D eigenvalue weighted by Crippen LogP contribution is 2.18. The number of rotatable bonds is 17. The number of ether oxygens (including phenoxy) is 2. The van der Waals surface area contributed by atoms with Gasteiger partial charge in [0.25, 0.3) is 0 Å². The molecule has 0 aliphatic carbocycles. The molecule has 1 aliphatic heterocycles. The topological polar surface area (TPSA) is 96.2 Å². The molecule has 0 aromatic rings. The van der Waals surface area contributed by atoms with Gasteiger partial charge in [0.05, 0.1) is 6.61 Å². The Morgan fingerprint density at radius 3 is 1.89 bits per heavy atom. The Morgan fingerprint density at radius 1 is 0.929 bits per heavy atom. The number of carbonyl (C=O) groups excluding carboxylic acids is 1. The molecule has 1 saturated heterocycles. The van der Waals surface area contributed by atoms with Crippen LogP contribution in [0, 0.1) is 0 Å². The fraction of sp³-hybridized carbons (Fsp3) is 0.955. The molecule has 0 saturated carbocycles. The van der Waals surface area contributed by atoms with E-state index in [-0.39, 0.29) is 19.2 Å². The Hall–Kier alpha value is -0.690. The van der Waals surface area contributed by atoms with Crippen molar-refractivity contribution in [1.29, 1.82) is 0 Å². The molecule has 4 atom stereocenters. The van der Waals surface area contributed by atoms with Crippen LogP contribution in [-0.4, -0.2) is 58.9 Å². The molecular formula is C22H42O6. The van der Waals surface area contributed by atoms with E-state index in [2.05, 4.69) is 6.92 Å². The average molecular weight is 403 g/mol. The van der Waals surface area contributed by atoms with Crippen molar-refractivity contribution in [2.45, 2.75) is 121 Å². The van der Waals surface area contributed by atoms with Crippen molar-refractivity contribution >= 4 is 5.97 Å². The first kappa shape index (κ1) is 25.3. The average Bonchev–Trinajstić information content (AvgIpc) is 3.02. The molecule has 1 aliphatic rings. The highest BCUT2D eigenvalue weighted by Gasteiger charge is 2.39. The van der Waals surface area contributed by atoms with Gasteiger partial charge in [-0.15, -0.1) is 0 Å². The van der Waals surface area contributed by atoms with Crippen LogP contribution in [0.5, 0.6) is 0 Å². The maximum Gasteiger partial charge on any atom is 0.305 e. The molecule has 1 rings (SSSR count). The van der Waals surface area contributed by atoms with Gasteiger partial charge in [-0.3, -0.25) is 4.79 Å². The van der Waals surface area contributed by atoms with E-state index in [0.717, 1.165) is 19.3 Å². The molecule has 0 spiro atoms. The fourth-order valence-corrected chi connectivity index (χ4v) is 3.60. The quantitative estimate of drug-likeness (QED) is 0.255. The Bertz CT molecular complexity index is 389. The summed E-state index contributed by atoms with van der Waals surface area (Å²) in [4.78, 5) is 11.7. The summed E-state index contributed by atoms with van der Waals surface area (Å²) in [5, 5.41) is 28.9. The molecule has 3 N–H and O–H groups in total. The highest BCUT2D eigenvalue weighted by atomic mass is 16.6. The zero-order valence-corrected chi connectivity index (χ0v) is 17.7. The highest BCUT2D eigenvalue weighted by molar-refractivity contribution is 5.69. The summed E-state index contributed by atoms with van der Waals surface area (Å²) in [6.07, 6.45) is 12.5. The van der Waals surface area contributed by atoms with E-state index < -0.39 is 24.4 Å². The predicted molar refractivity (Wildman–Crippen MR) is 109 cm³/mol. The summed E-state index contributed by atoms with van der Waals surface area (Å²) in [5.41, 5.74) is 0. The van der Waals surface area contributed by atoms with E-state index in [1.54, 1.807) is 0 Å². The van der Waals surface area contributed by atoms with E-state index in [1.165, 1.54) is 64.2 Å². The fourth-order valence-electron chi connectivity index (χ4n) is 3.60. The molecule has 166 valence electrons. The number of aliphatic hydroxyl groups is 3. The van der Waals surface area contributed by atoms with Crippen molar-refractivity contribution in [3.05, 3.63) is 0 Å². The van der Waals surface area contributed by atoms with E-state index in [9.17, 15) is 20.1 Å². The summed E-state index contributed by atoms with van der Waals surface area (Å²) in [6.45, 7) is 2.01. The summed E-state index contributed by atoms with van der Waals surface area (Å²) < 4.78 is 10.2. The molecule has 0 amide bonds. The van der Waals surface area contributed by atoms with Crippen molar-refractivity contribution in [1.82, 2.24) is 0 Å². The van der Waals surface area contributed by atoms with E-state index in [0.29, 0.717) is 6.42 Å². The third-order valence-corrected chi connectivity index (χ3v) is 5.47. The van der Waals surface area contributed by atoms with Gasteiger partial charge in [-0.05, 0) is 6.42 Å². The van der Waals surface area contributed by atoms with Gasteiger partial charge in [-0.2, -0.15) is 0 Å². The van der Waals surface area contributed by atoms with Crippen LogP contribution in [0.1, 0.15) is 96.8 Å². The van der Waals surface area contributed by atoms with Gasteiger partial charge in [-0.1, -0.05) is 84.0 Å². The molecule has 0 radical (unpaired) electrons. The van der Waals surface area contributed by atoms with Crippen LogP contribution < -0.4 is 0 Å². The van der Waals surface area contributed by atoms with Crippen molar-refractivity contribution in [2.75, 3.05) is 13.2 Å². The molecular weight excluding hydrogens is 360 g/mol. The number of hydrogen-bond donors (Lipinski definition) is 3. The van der Waals surface area contributed by atoms with Gasteiger partial charge < -0.3 is 24.8 Å². The van der Waals surface area contributed by atoms with Crippen LogP contribution in [-0.2, 0) is 14.3 Å². The summed E-state index contributed by atoms with van der Waals surface area (Å²) in [6, 6.07) is 0. The summed E-state index contributed by atoms with van der Waals surface area (Å²) in [5.74, 6) is -0.338. The smallest absolute Gasteiger partial charge is 0.305 e. The van der Waals surface area contributed by atoms with E-state index in [4.69, 9.17) is 9.47 Å². The molecule has 28 heavy (non-hydrogen) atoms.